The summed E-state index contributed by atoms with van der Waals surface area (Å²) in [5.74, 6) is -0.794. The minimum absolute atomic E-state index is 0.0851. The van der Waals surface area contributed by atoms with Gasteiger partial charge < -0.3 is 10.0 Å². The van der Waals surface area contributed by atoms with E-state index in [0.29, 0.717) is 0 Å². The summed E-state index contributed by atoms with van der Waals surface area (Å²) in [5, 5.41) is 13.5. The number of carboxylic acid groups (broad SMARTS) is 1. The Kier molecular flexibility index (Phi) is 4.16. The van der Waals surface area contributed by atoms with Crippen LogP contribution in [0.4, 0.5) is 0 Å². The van der Waals surface area contributed by atoms with Crippen LogP contribution in [0.15, 0.2) is 6.20 Å². The van der Waals surface area contributed by atoms with Crippen molar-refractivity contribution in [2.75, 3.05) is 14.1 Å². The Morgan fingerprint density at radius 3 is 2.44 bits per heavy atom. The fourth-order valence-corrected chi connectivity index (χ4v) is 2.07. The van der Waals surface area contributed by atoms with Crippen LogP contribution in [0.5, 0.6) is 0 Å². The molecule has 5 heteroatoms. The molecule has 0 aliphatic rings. The van der Waals surface area contributed by atoms with Crippen molar-refractivity contribution in [1.82, 2.24) is 14.7 Å². The highest BCUT2D eigenvalue weighted by Crippen LogP contribution is 2.32. The van der Waals surface area contributed by atoms with Crippen LogP contribution in [0.1, 0.15) is 44.5 Å². The third-order valence-corrected chi connectivity index (χ3v) is 2.92. The van der Waals surface area contributed by atoms with E-state index in [9.17, 15) is 4.79 Å². The van der Waals surface area contributed by atoms with Gasteiger partial charge in [0.05, 0.1) is 12.1 Å². The van der Waals surface area contributed by atoms with Gasteiger partial charge in [0, 0.05) is 30.3 Å². The topological polar surface area (TPSA) is 58.4 Å². The second kappa shape index (κ2) is 5.10. The Bertz CT molecular complexity index is 430. The van der Waals surface area contributed by atoms with E-state index in [4.69, 9.17) is 5.11 Å². The smallest absolute Gasteiger partial charge is 0.305 e. The summed E-state index contributed by atoms with van der Waals surface area (Å²) < 4.78 is 1.76. The van der Waals surface area contributed by atoms with E-state index in [-0.39, 0.29) is 17.9 Å². The SMILES string of the molecule is CN(C)C(CC(=O)O)c1cn(C)nc1C(C)(C)C. The number of hydrogen-bond acceptors (Lipinski definition) is 3. The summed E-state index contributed by atoms with van der Waals surface area (Å²) in [5.41, 5.74) is 1.87. The lowest BCUT2D eigenvalue weighted by Crippen LogP contribution is -2.25. The highest BCUT2D eigenvalue weighted by atomic mass is 16.4. The molecule has 0 aromatic carbocycles. The maximum absolute atomic E-state index is 11.0. The third-order valence-electron chi connectivity index (χ3n) is 2.92. The number of aryl methyl sites for hydroxylation is 1. The van der Waals surface area contributed by atoms with Crippen molar-refractivity contribution in [1.29, 1.82) is 0 Å². The summed E-state index contributed by atoms with van der Waals surface area (Å²) in [7, 11) is 5.66. The van der Waals surface area contributed by atoms with Crippen molar-refractivity contribution in [3.05, 3.63) is 17.5 Å². The van der Waals surface area contributed by atoms with Crippen LogP contribution in [0, 0.1) is 0 Å². The van der Waals surface area contributed by atoms with Gasteiger partial charge in [-0.15, -0.1) is 0 Å². The molecule has 0 saturated carbocycles. The first-order chi connectivity index (χ1) is 8.12. The van der Waals surface area contributed by atoms with E-state index in [1.165, 1.54) is 0 Å². The molecule has 0 aliphatic carbocycles. The normalized spacial score (nSPS) is 13.9. The van der Waals surface area contributed by atoms with Gasteiger partial charge in [-0.3, -0.25) is 9.48 Å². The van der Waals surface area contributed by atoms with Gasteiger partial charge in [0.1, 0.15) is 0 Å². The lowest BCUT2D eigenvalue weighted by Gasteiger charge is -2.26. The molecule has 1 rings (SSSR count). The lowest BCUT2D eigenvalue weighted by molar-refractivity contribution is -0.138. The number of aliphatic carboxylic acids is 1. The fourth-order valence-electron chi connectivity index (χ4n) is 2.07. The maximum Gasteiger partial charge on any atom is 0.305 e. The second-order valence-corrected chi connectivity index (χ2v) is 5.93. The minimum atomic E-state index is -0.794. The van der Waals surface area contributed by atoms with Crippen molar-refractivity contribution in [3.8, 4) is 0 Å². The number of aromatic nitrogens is 2. The van der Waals surface area contributed by atoms with E-state index in [0.717, 1.165) is 11.3 Å². The van der Waals surface area contributed by atoms with Crippen LogP contribution < -0.4 is 0 Å². The Morgan fingerprint density at radius 2 is 2.06 bits per heavy atom. The molecule has 0 bridgehead atoms. The number of nitrogens with zero attached hydrogens (tertiary/aromatic N) is 3. The Morgan fingerprint density at radius 1 is 1.50 bits per heavy atom. The van der Waals surface area contributed by atoms with E-state index < -0.39 is 5.97 Å². The molecule has 0 fully saturated rings. The van der Waals surface area contributed by atoms with Gasteiger partial charge in [0.15, 0.2) is 0 Å². The molecule has 0 saturated heterocycles. The second-order valence-electron chi connectivity index (χ2n) is 5.93. The maximum atomic E-state index is 11.0. The van der Waals surface area contributed by atoms with Crippen LogP contribution in [0.2, 0.25) is 0 Å². The predicted octanol–water partition coefficient (Wildman–Crippen LogP) is 1.79. The summed E-state index contributed by atoms with van der Waals surface area (Å²) >= 11 is 0. The molecule has 0 radical (unpaired) electrons. The predicted molar refractivity (Wildman–Crippen MR) is 70.6 cm³/mol. The Labute approximate surface area is 108 Å². The number of carbonyl (C=O) groups is 1. The zero-order valence-corrected chi connectivity index (χ0v) is 12.1. The van der Waals surface area contributed by atoms with Crippen LogP contribution >= 0.6 is 0 Å². The van der Waals surface area contributed by atoms with Gasteiger partial charge in [-0.2, -0.15) is 5.10 Å². The molecule has 1 atom stereocenters. The number of hydrogen-bond donors (Lipinski definition) is 1. The van der Waals surface area contributed by atoms with E-state index in [1.807, 2.05) is 32.2 Å². The van der Waals surface area contributed by atoms with Crippen LogP contribution in [-0.4, -0.2) is 39.9 Å². The molecule has 0 amide bonds. The highest BCUT2D eigenvalue weighted by Gasteiger charge is 2.28. The molecule has 1 aromatic rings. The average Bonchev–Trinajstić information content (AvgIpc) is 2.55. The molecule has 5 nitrogen and oxygen atoms in total. The van der Waals surface area contributed by atoms with Crippen LogP contribution in [-0.2, 0) is 17.3 Å². The van der Waals surface area contributed by atoms with E-state index >= 15 is 0 Å². The molecule has 1 unspecified atom stereocenters. The largest absolute Gasteiger partial charge is 0.481 e. The molecule has 0 spiro atoms. The quantitative estimate of drug-likeness (QED) is 0.889. The molecular weight excluding hydrogens is 230 g/mol. The Balaban J connectivity index is 3.23. The average molecular weight is 253 g/mol. The van der Waals surface area contributed by atoms with E-state index in [1.54, 1.807) is 4.68 Å². The van der Waals surface area contributed by atoms with Gasteiger partial charge >= 0.3 is 5.97 Å². The minimum Gasteiger partial charge on any atom is -0.481 e. The van der Waals surface area contributed by atoms with Gasteiger partial charge in [-0.05, 0) is 14.1 Å². The van der Waals surface area contributed by atoms with Crippen molar-refractivity contribution in [2.24, 2.45) is 7.05 Å². The third kappa shape index (κ3) is 3.32. The van der Waals surface area contributed by atoms with Crippen molar-refractivity contribution in [3.63, 3.8) is 0 Å². The molecule has 1 heterocycles. The lowest BCUT2D eigenvalue weighted by atomic mass is 9.86. The molecule has 1 N–H and O–H groups in total. The fraction of sp³-hybridized carbons (Fsp3) is 0.692. The monoisotopic (exact) mass is 253 g/mol. The number of carboxylic acids is 1. The summed E-state index contributed by atoms with van der Waals surface area (Å²) in [6.07, 6.45) is 2.01. The Hall–Kier alpha value is -1.36. The van der Waals surface area contributed by atoms with Crippen molar-refractivity contribution >= 4 is 5.97 Å². The molecule has 18 heavy (non-hydrogen) atoms. The summed E-state index contributed by atoms with van der Waals surface area (Å²) in [4.78, 5) is 12.9. The first-order valence-electron chi connectivity index (χ1n) is 6.05. The summed E-state index contributed by atoms with van der Waals surface area (Å²) in [6.45, 7) is 6.27. The van der Waals surface area contributed by atoms with Gasteiger partial charge in [0.2, 0.25) is 0 Å². The van der Waals surface area contributed by atoms with Gasteiger partial charge in [-0.1, -0.05) is 20.8 Å². The highest BCUT2D eigenvalue weighted by molar-refractivity contribution is 5.68. The molecule has 1 aromatic heterocycles. The first-order valence-corrected chi connectivity index (χ1v) is 6.05. The van der Waals surface area contributed by atoms with Gasteiger partial charge in [-0.25, -0.2) is 0 Å². The molecule has 0 aliphatic heterocycles. The van der Waals surface area contributed by atoms with Crippen molar-refractivity contribution < 1.29 is 9.90 Å². The summed E-state index contributed by atoms with van der Waals surface area (Å²) in [6, 6.07) is -0.148. The zero-order chi connectivity index (χ0) is 14.1. The van der Waals surface area contributed by atoms with Crippen LogP contribution in [0.3, 0.4) is 0 Å². The first kappa shape index (κ1) is 14.7. The molecular formula is C13H23N3O2. The van der Waals surface area contributed by atoms with Crippen molar-refractivity contribution in [2.45, 2.75) is 38.6 Å². The van der Waals surface area contributed by atoms with E-state index in [2.05, 4.69) is 25.9 Å². The standard InChI is InChI=1S/C13H23N3O2/c1-13(2,3)12-9(8-16(6)14-12)10(15(4)5)7-11(17)18/h8,10H,7H2,1-6H3,(H,17,18). The number of rotatable bonds is 4. The zero-order valence-electron chi connectivity index (χ0n) is 12.1. The molecule has 102 valence electrons. The van der Waals surface area contributed by atoms with Crippen LogP contribution in [0.25, 0.3) is 0 Å². The van der Waals surface area contributed by atoms with Gasteiger partial charge in [0.25, 0.3) is 0 Å².